The number of thiazole rings is 1. The molecule has 0 saturated carbocycles. The van der Waals surface area contributed by atoms with Crippen LogP contribution in [0.25, 0.3) is 33.3 Å². The number of hydrogen-bond donors (Lipinski definition) is 2. The molecule has 1 unspecified atom stereocenters. The number of para-hydroxylation sites is 1. The van der Waals surface area contributed by atoms with Gasteiger partial charge in [-0.15, -0.1) is 21.5 Å². The Morgan fingerprint density at radius 3 is 2.84 bits per heavy atom. The summed E-state index contributed by atoms with van der Waals surface area (Å²) in [4.78, 5) is 24.9. The number of fused-ring (bicyclic) bond motifs is 3. The van der Waals surface area contributed by atoms with Crippen LogP contribution < -0.4 is 5.32 Å². The molecule has 7 nitrogen and oxygen atoms in total. The van der Waals surface area contributed by atoms with Crippen LogP contribution in [0, 0.1) is 0 Å². The summed E-state index contributed by atoms with van der Waals surface area (Å²) in [5.41, 5.74) is 3.71. The number of carbonyl (C=O) groups is 1. The highest BCUT2D eigenvalue weighted by molar-refractivity contribution is 8.00. The van der Waals surface area contributed by atoms with Crippen LogP contribution in [0.4, 0.5) is 5.13 Å². The largest absolute Gasteiger partial charge is 0.338 e. The highest BCUT2D eigenvalue weighted by Gasteiger charge is 2.19. The first-order valence-electron chi connectivity index (χ1n) is 9.47. The van der Waals surface area contributed by atoms with E-state index in [1.54, 1.807) is 25.1 Å². The molecule has 0 bridgehead atoms. The Labute approximate surface area is 200 Å². The maximum Gasteiger partial charge on any atom is 0.239 e. The van der Waals surface area contributed by atoms with Crippen LogP contribution in [0.2, 0.25) is 10.0 Å². The normalized spacial score (nSPS) is 12.3. The summed E-state index contributed by atoms with van der Waals surface area (Å²) in [7, 11) is 0. The Bertz CT molecular complexity index is 1470. The van der Waals surface area contributed by atoms with E-state index < -0.39 is 5.25 Å². The third-order valence-corrected chi connectivity index (χ3v) is 6.95. The number of rotatable bonds is 5. The molecule has 1 atom stereocenters. The van der Waals surface area contributed by atoms with Gasteiger partial charge in [-0.1, -0.05) is 53.2 Å². The minimum Gasteiger partial charge on any atom is -0.338 e. The molecule has 3 aromatic heterocycles. The number of amides is 1. The lowest BCUT2D eigenvalue weighted by Gasteiger charge is -2.08. The van der Waals surface area contributed by atoms with Crippen LogP contribution in [0.3, 0.4) is 0 Å². The second-order valence-electron chi connectivity index (χ2n) is 6.87. The summed E-state index contributed by atoms with van der Waals surface area (Å²) in [5.74, 6) is -0.210. The molecule has 32 heavy (non-hydrogen) atoms. The zero-order valence-electron chi connectivity index (χ0n) is 16.5. The summed E-state index contributed by atoms with van der Waals surface area (Å²) in [6.07, 6.45) is 0. The van der Waals surface area contributed by atoms with Crippen molar-refractivity contribution in [3.8, 4) is 11.3 Å². The maximum atomic E-state index is 12.7. The van der Waals surface area contributed by atoms with E-state index in [2.05, 4.69) is 30.5 Å². The van der Waals surface area contributed by atoms with E-state index in [1.807, 2.05) is 29.6 Å². The number of benzene rings is 2. The highest BCUT2D eigenvalue weighted by atomic mass is 35.5. The predicted octanol–water partition coefficient (Wildman–Crippen LogP) is 6.06. The van der Waals surface area contributed by atoms with Crippen LogP contribution in [-0.2, 0) is 4.79 Å². The molecule has 0 aliphatic heterocycles. The summed E-state index contributed by atoms with van der Waals surface area (Å²) in [6, 6.07) is 13.0. The van der Waals surface area contributed by atoms with Crippen molar-refractivity contribution in [3.63, 3.8) is 0 Å². The maximum absolute atomic E-state index is 12.7. The molecule has 160 valence electrons. The molecule has 3 heterocycles. The van der Waals surface area contributed by atoms with Crippen LogP contribution >= 0.6 is 46.3 Å². The molecular weight excluding hydrogens is 487 g/mol. The van der Waals surface area contributed by atoms with E-state index in [4.69, 9.17) is 23.2 Å². The lowest BCUT2D eigenvalue weighted by atomic mass is 10.2. The molecule has 5 aromatic rings. The van der Waals surface area contributed by atoms with Gasteiger partial charge in [0.25, 0.3) is 0 Å². The molecule has 11 heteroatoms. The Kier molecular flexibility index (Phi) is 5.73. The Morgan fingerprint density at radius 2 is 2.00 bits per heavy atom. The molecule has 0 fully saturated rings. The Hall–Kier alpha value is -2.72. The van der Waals surface area contributed by atoms with Gasteiger partial charge < -0.3 is 10.3 Å². The highest BCUT2D eigenvalue weighted by Crippen LogP contribution is 2.33. The number of anilines is 1. The first kappa shape index (κ1) is 21.1. The number of carbonyl (C=O) groups excluding carboxylic acids is 1. The van der Waals surface area contributed by atoms with Crippen molar-refractivity contribution in [1.29, 1.82) is 0 Å². The zero-order valence-corrected chi connectivity index (χ0v) is 19.6. The van der Waals surface area contributed by atoms with Gasteiger partial charge in [0, 0.05) is 26.9 Å². The summed E-state index contributed by atoms with van der Waals surface area (Å²) < 4.78 is 0. The van der Waals surface area contributed by atoms with E-state index in [0.29, 0.717) is 37.2 Å². The van der Waals surface area contributed by atoms with E-state index in [-0.39, 0.29) is 5.91 Å². The molecule has 0 spiro atoms. The van der Waals surface area contributed by atoms with Gasteiger partial charge in [-0.05, 0) is 31.2 Å². The molecule has 0 saturated heterocycles. The Morgan fingerprint density at radius 1 is 1.16 bits per heavy atom. The van der Waals surface area contributed by atoms with Crippen molar-refractivity contribution in [3.05, 3.63) is 57.9 Å². The first-order chi connectivity index (χ1) is 15.5. The molecule has 0 aliphatic carbocycles. The topological polar surface area (TPSA) is 96.5 Å². The minimum atomic E-state index is -0.454. The smallest absolute Gasteiger partial charge is 0.239 e. The van der Waals surface area contributed by atoms with Gasteiger partial charge in [0.1, 0.15) is 5.52 Å². The van der Waals surface area contributed by atoms with Crippen LogP contribution in [0.1, 0.15) is 6.92 Å². The van der Waals surface area contributed by atoms with Crippen LogP contribution in [0.5, 0.6) is 0 Å². The van der Waals surface area contributed by atoms with E-state index in [1.165, 1.54) is 23.1 Å². The number of halogens is 2. The van der Waals surface area contributed by atoms with Gasteiger partial charge in [-0.3, -0.25) is 4.79 Å². The fraction of sp³-hybridized carbons (Fsp3) is 0.0952. The lowest BCUT2D eigenvalue weighted by Crippen LogP contribution is -2.22. The predicted molar refractivity (Wildman–Crippen MR) is 131 cm³/mol. The Balaban J connectivity index is 1.29. The summed E-state index contributed by atoms with van der Waals surface area (Å²) in [5, 5.41) is 15.6. The van der Waals surface area contributed by atoms with Crippen molar-refractivity contribution in [2.24, 2.45) is 0 Å². The number of nitrogens with zero attached hydrogens (tertiary/aromatic N) is 4. The van der Waals surface area contributed by atoms with Crippen molar-refractivity contribution in [2.45, 2.75) is 17.3 Å². The third kappa shape index (κ3) is 4.16. The molecular formula is C21H14Cl2N6OS2. The summed E-state index contributed by atoms with van der Waals surface area (Å²) >= 11 is 14.8. The minimum absolute atomic E-state index is 0.210. The van der Waals surface area contributed by atoms with E-state index in [9.17, 15) is 4.79 Å². The first-order valence-corrected chi connectivity index (χ1v) is 12.0. The van der Waals surface area contributed by atoms with Gasteiger partial charge in [0.15, 0.2) is 10.8 Å². The van der Waals surface area contributed by atoms with Gasteiger partial charge in [0.2, 0.25) is 11.1 Å². The number of nitrogens with one attached hydrogen (secondary N) is 2. The van der Waals surface area contributed by atoms with Crippen LogP contribution in [-0.4, -0.2) is 36.3 Å². The standard InChI is InChI=1S/C21H14Cl2N6OS2/c1-10(32-21-26-18-17(28-29-21)13-4-2-3-5-15(13)24-18)19(30)27-20-25-16(9-31-20)12-7-6-11(22)8-14(12)23/h2-10H,1H3,(H,24,26,29)(H,25,27,30). The van der Waals surface area contributed by atoms with Gasteiger partial charge >= 0.3 is 0 Å². The molecule has 1 amide bonds. The number of thioether (sulfide) groups is 1. The molecule has 2 aromatic carbocycles. The van der Waals surface area contributed by atoms with Gasteiger partial charge in [-0.2, -0.15) is 0 Å². The lowest BCUT2D eigenvalue weighted by molar-refractivity contribution is -0.115. The SMILES string of the molecule is CC(Sc1nnc2c(n1)[nH]c1ccccc12)C(=O)Nc1nc(-c2ccc(Cl)cc2Cl)cs1. The van der Waals surface area contributed by atoms with Crippen molar-refractivity contribution < 1.29 is 4.79 Å². The fourth-order valence-electron chi connectivity index (χ4n) is 3.13. The van der Waals surface area contributed by atoms with E-state index >= 15 is 0 Å². The number of H-pyrrole nitrogens is 1. The molecule has 2 N–H and O–H groups in total. The monoisotopic (exact) mass is 500 g/mol. The van der Waals surface area contributed by atoms with Crippen molar-refractivity contribution in [1.82, 2.24) is 25.1 Å². The zero-order chi connectivity index (χ0) is 22.2. The third-order valence-electron chi connectivity index (χ3n) is 4.70. The number of aromatic nitrogens is 5. The molecule has 0 radical (unpaired) electrons. The summed E-state index contributed by atoms with van der Waals surface area (Å²) in [6.45, 7) is 1.78. The van der Waals surface area contributed by atoms with Crippen LogP contribution in [0.15, 0.2) is 53.0 Å². The molecule has 5 rings (SSSR count). The quantitative estimate of drug-likeness (QED) is 0.285. The van der Waals surface area contributed by atoms with Crippen molar-refractivity contribution >= 4 is 79.4 Å². The average molecular weight is 501 g/mol. The van der Waals surface area contributed by atoms with Gasteiger partial charge in [0.05, 0.1) is 16.0 Å². The molecule has 0 aliphatic rings. The van der Waals surface area contributed by atoms with E-state index in [0.717, 1.165) is 16.5 Å². The van der Waals surface area contributed by atoms with Gasteiger partial charge in [-0.25, -0.2) is 9.97 Å². The fourth-order valence-corrected chi connectivity index (χ4v) is 5.06. The van der Waals surface area contributed by atoms with Crippen molar-refractivity contribution in [2.75, 3.05) is 5.32 Å². The second kappa shape index (κ2) is 8.67. The number of hydrogen-bond acceptors (Lipinski definition) is 7. The average Bonchev–Trinajstić information content (AvgIpc) is 3.37. The second-order valence-corrected chi connectivity index (χ2v) is 9.88. The number of aromatic amines is 1.